The van der Waals surface area contributed by atoms with Gasteiger partial charge in [-0.2, -0.15) is 5.10 Å². The van der Waals surface area contributed by atoms with Crippen molar-refractivity contribution < 1.29 is 13.9 Å². The summed E-state index contributed by atoms with van der Waals surface area (Å²) in [6.07, 6.45) is 2.95. The molecular weight excluding hydrogens is 340 g/mol. The summed E-state index contributed by atoms with van der Waals surface area (Å²) in [5.74, 6) is 0.430. The molecule has 126 valence electrons. The molecule has 0 saturated carbocycles. The van der Waals surface area contributed by atoms with Crippen LogP contribution in [0.1, 0.15) is 21.7 Å². The van der Waals surface area contributed by atoms with E-state index in [-0.39, 0.29) is 5.76 Å². The smallest absolute Gasteiger partial charge is 0.307 e. The van der Waals surface area contributed by atoms with Crippen molar-refractivity contribution in [2.75, 3.05) is 0 Å². The van der Waals surface area contributed by atoms with Crippen LogP contribution >= 0.6 is 11.6 Å². The molecule has 1 heterocycles. The molecule has 0 aliphatic carbocycles. The van der Waals surface area contributed by atoms with Gasteiger partial charge in [-0.15, -0.1) is 0 Å². The van der Waals surface area contributed by atoms with Gasteiger partial charge in [-0.25, -0.2) is 5.43 Å². The van der Waals surface area contributed by atoms with E-state index in [9.17, 15) is 4.79 Å². The van der Waals surface area contributed by atoms with E-state index >= 15 is 0 Å². The Morgan fingerprint density at radius 3 is 2.84 bits per heavy atom. The molecule has 3 rings (SSSR count). The highest BCUT2D eigenvalue weighted by atomic mass is 35.5. The number of nitrogens with one attached hydrogen (secondary N) is 1. The fraction of sp³-hybridized carbons (Fsp3) is 0.0526. The lowest BCUT2D eigenvalue weighted by Gasteiger charge is -2.09. The first kappa shape index (κ1) is 16.8. The van der Waals surface area contributed by atoms with Crippen LogP contribution < -0.4 is 10.2 Å². The molecule has 0 spiro atoms. The average molecular weight is 355 g/mol. The van der Waals surface area contributed by atoms with E-state index in [1.54, 1.807) is 12.1 Å². The second-order valence-corrected chi connectivity index (χ2v) is 5.57. The van der Waals surface area contributed by atoms with Crippen molar-refractivity contribution in [1.29, 1.82) is 0 Å². The van der Waals surface area contributed by atoms with Crippen molar-refractivity contribution >= 4 is 23.7 Å². The van der Waals surface area contributed by atoms with Gasteiger partial charge in [0.05, 0.1) is 12.5 Å². The van der Waals surface area contributed by atoms with Crippen molar-refractivity contribution in [3.8, 4) is 5.75 Å². The summed E-state index contributed by atoms with van der Waals surface area (Å²) in [6.45, 7) is 0.379. The first-order valence-corrected chi connectivity index (χ1v) is 7.93. The molecule has 25 heavy (non-hydrogen) atoms. The second kappa shape index (κ2) is 8.17. The van der Waals surface area contributed by atoms with Gasteiger partial charge < -0.3 is 9.15 Å². The number of carbonyl (C=O) groups is 1. The molecule has 0 unspecified atom stereocenters. The van der Waals surface area contributed by atoms with Gasteiger partial charge in [-0.3, -0.25) is 4.79 Å². The SMILES string of the molecule is O=C(N/N=C\c1ccccc1OCc1cccc(Cl)c1)c1ccco1. The highest BCUT2D eigenvalue weighted by Crippen LogP contribution is 2.18. The van der Waals surface area contributed by atoms with Crippen LogP contribution in [0.15, 0.2) is 76.4 Å². The number of hydrogen-bond donors (Lipinski definition) is 1. The van der Waals surface area contributed by atoms with Crippen LogP contribution in [0.3, 0.4) is 0 Å². The Labute approximate surface area is 149 Å². The molecule has 0 aliphatic rings. The maximum atomic E-state index is 11.8. The minimum absolute atomic E-state index is 0.197. The molecule has 2 aromatic carbocycles. The maximum Gasteiger partial charge on any atom is 0.307 e. The van der Waals surface area contributed by atoms with Gasteiger partial charge in [0.1, 0.15) is 12.4 Å². The number of hydrazone groups is 1. The van der Waals surface area contributed by atoms with Crippen LogP contribution in [0.2, 0.25) is 5.02 Å². The zero-order chi connectivity index (χ0) is 17.5. The van der Waals surface area contributed by atoms with Gasteiger partial charge in [0.2, 0.25) is 0 Å². The zero-order valence-corrected chi connectivity index (χ0v) is 13.9. The molecule has 1 aromatic heterocycles. The molecular formula is C19H15ClN2O3. The predicted molar refractivity (Wildman–Crippen MR) is 96.0 cm³/mol. The number of nitrogens with zero attached hydrogens (tertiary/aromatic N) is 1. The molecule has 1 amide bonds. The number of hydrogen-bond acceptors (Lipinski definition) is 4. The summed E-state index contributed by atoms with van der Waals surface area (Å²) in [5, 5.41) is 4.61. The number of amides is 1. The van der Waals surface area contributed by atoms with Crippen molar-refractivity contribution in [2.24, 2.45) is 5.10 Å². The minimum Gasteiger partial charge on any atom is -0.488 e. The predicted octanol–water partition coefficient (Wildman–Crippen LogP) is 4.28. The summed E-state index contributed by atoms with van der Waals surface area (Å²) in [7, 11) is 0. The average Bonchev–Trinajstić information content (AvgIpc) is 3.16. The Hall–Kier alpha value is -3.05. The fourth-order valence-electron chi connectivity index (χ4n) is 2.13. The Morgan fingerprint density at radius 2 is 2.04 bits per heavy atom. The van der Waals surface area contributed by atoms with Crippen LogP contribution in [0.5, 0.6) is 5.75 Å². The molecule has 3 aromatic rings. The summed E-state index contributed by atoms with van der Waals surface area (Å²) in [6, 6.07) is 18.1. The third kappa shape index (κ3) is 4.71. The minimum atomic E-state index is -0.418. The standard InChI is InChI=1S/C19H15ClN2O3/c20-16-7-3-5-14(11-16)13-25-17-8-2-1-6-15(17)12-21-22-19(23)18-9-4-10-24-18/h1-12H,13H2,(H,22,23)/b21-12-. The monoisotopic (exact) mass is 354 g/mol. The van der Waals surface area contributed by atoms with E-state index in [4.69, 9.17) is 20.8 Å². The molecule has 6 heteroatoms. The molecule has 5 nitrogen and oxygen atoms in total. The molecule has 0 bridgehead atoms. The lowest BCUT2D eigenvalue weighted by atomic mass is 10.2. The Morgan fingerprint density at radius 1 is 1.16 bits per heavy atom. The van der Waals surface area contributed by atoms with E-state index in [1.165, 1.54) is 12.5 Å². The van der Waals surface area contributed by atoms with Gasteiger partial charge in [0, 0.05) is 10.6 Å². The molecule has 0 aliphatic heterocycles. The van der Waals surface area contributed by atoms with Gasteiger partial charge in [-0.05, 0) is 42.0 Å². The summed E-state index contributed by atoms with van der Waals surface area (Å²) < 4.78 is 10.8. The molecule has 0 saturated heterocycles. The van der Waals surface area contributed by atoms with E-state index in [2.05, 4.69) is 10.5 Å². The topological polar surface area (TPSA) is 63.8 Å². The number of benzene rings is 2. The maximum absolute atomic E-state index is 11.8. The highest BCUT2D eigenvalue weighted by molar-refractivity contribution is 6.30. The summed E-state index contributed by atoms with van der Waals surface area (Å²) >= 11 is 5.97. The molecule has 0 atom stereocenters. The normalized spacial score (nSPS) is 10.8. The van der Waals surface area contributed by atoms with Crippen LogP contribution in [0.4, 0.5) is 0 Å². The molecule has 0 radical (unpaired) electrons. The fourth-order valence-corrected chi connectivity index (χ4v) is 2.34. The Kier molecular flexibility index (Phi) is 5.49. The molecule has 0 fully saturated rings. The third-order valence-electron chi connectivity index (χ3n) is 3.32. The van der Waals surface area contributed by atoms with E-state index in [0.717, 1.165) is 11.1 Å². The summed E-state index contributed by atoms with van der Waals surface area (Å²) in [5.41, 5.74) is 4.11. The number of furan rings is 1. The number of ether oxygens (including phenoxy) is 1. The van der Waals surface area contributed by atoms with E-state index in [1.807, 2.05) is 48.5 Å². The first-order chi connectivity index (χ1) is 12.2. The quantitative estimate of drug-likeness (QED) is 0.531. The number of para-hydroxylation sites is 1. The van der Waals surface area contributed by atoms with Crippen molar-refractivity contribution in [3.05, 3.63) is 88.8 Å². The zero-order valence-electron chi connectivity index (χ0n) is 13.2. The van der Waals surface area contributed by atoms with Crippen molar-refractivity contribution in [1.82, 2.24) is 5.43 Å². The van der Waals surface area contributed by atoms with Crippen LogP contribution in [-0.2, 0) is 6.61 Å². The molecule has 1 N–H and O–H groups in total. The van der Waals surface area contributed by atoms with Crippen molar-refractivity contribution in [2.45, 2.75) is 6.61 Å². The summed E-state index contributed by atoms with van der Waals surface area (Å²) in [4.78, 5) is 11.8. The van der Waals surface area contributed by atoms with E-state index in [0.29, 0.717) is 17.4 Å². The van der Waals surface area contributed by atoms with Crippen LogP contribution in [0.25, 0.3) is 0 Å². The Balaban J connectivity index is 1.64. The number of halogens is 1. The number of rotatable bonds is 6. The third-order valence-corrected chi connectivity index (χ3v) is 3.55. The van der Waals surface area contributed by atoms with E-state index < -0.39 is 5.91 Å². The largest absolute Gasteiger partial charge is 0.488 e. The van der Waals surface area contributed by atoms with Gasteiger partial charge in [0.25, 0.3) is 0 Å². The Bertz CT molecular complexity index is 876. The van der Waals surface area contributed by atoms with Gasteiger partial charge in [0.15, 0.2) is 5.76 Å². The van der Waals surface area contributed by atoms with Crippen LogP contribution in [-0.4, -0.2) is 12.1 Å². The number of carbonyl (C=O) groups excluding carboxylic acids is 1. The van der Waals surface area contributed by atoms with Gasteiger partial charge in [-0.1, -0.05) is 35.9 Å². The lowest BCUT2D eigenvalue weighted by molar-refractivity contribution is 0.0927. The van der Waals surface area contributed by atoms with Gasteiger partial charge >= 0.3 is 5.91 Å². The first-order valence-electron chi connectivity index (χ1n) is 7.55. The van der Waals surface area contributed by atoms with Crippen molar-refractivity contribution in [3.63, 3.8) is 0 Å². The second-order valence-electron chi connectivity index (χ2n) is 5.13. The highest BCUT2D eigenvalue weighted by Gasteiger charge is 2.06. The van der Waals surface area contributed by atoms with Crippen LogP contribution in [0, 0.1) is 0 Å². The lowest BCUT2D eigenvalue weighted by Crippen LogP contribution is -2.16.